The molecule has 0 bridgehead atoms. The average Bonchev–Trinajstić information content (AvgIpc) is 3.20. The van der Waals surface area contributed by atoms with Gasteiger partial charge in [-0.15, -0.1) is 0 Å². The molecule has 0 atom stereocenters. The Morgan fingerprint density at radius 3 is 2.45 bits per heavy atom. The molecule has 31 heavy (non-hydrogen) atoms. The van der Waals surface area contributed by atoms with Crippen LogP contribution in [-0.4, -0.2) is 84.4 Å². The fourth-order valence-electron chi connectivity index (χ4n) is 3.70. The van der Waals surface area contributed by atoms with Gasteiger partial charge in [-0.2, -0.15) is 5.10 Å². The predicted molar refractivity (Wildman–Crippen MR) is 115 cm³/mol. The number of nitrogens with one attached hydrogen (secondary N) is 1. The molecular formula is C22H30FN5O3. The van der Waals surface area contributed by atoms with Gasteiger partial charge in [-0.1, -0.05) is 13.8 Å². The Hall–Kier alpha value is -2.78. The second kappa shape index (κ2) is 10.5. The topological polar surface area (TPSA) is 79.7 Å². The van der Waals surface area contributed by atoms with Crippen LogP contribution in [0.25, 0.3) is 5.69 Å². The van der Waals surface area contributed by atoms with E-state index in [1.807, 2.05) is 18.7 Å². The third-order valence-electron chi connectivity index (χ3n) is 5.31. The van der Waals surface area contributed by atoms with E-state index in [1.165, 1.54) is 12.1 Å². The van der Waals surface area contributed by atoms with E-state index >= 15 is 0 Å². The first-order chi connectivity index (χ1) is 14.9. The molecule has 2 amide bonds. The largest absolute Gasteiger partial charge is 0.383 e. The van der Waals surface area contributed by atoms with Crippen molar-refractivity contribution < 1.29 is 18.7 Å². The van der Waals surface area contributed by atoms with Crippen LogP contribution in [-0.2, 0) is 9.53 Å². The molecule has 0 unspecified atom stereocenters. The summed E-state index contributed by atoms with van der Waals surface area (Å²) in [5.74, 6) is -0.368. The molecular weight excluding hydrogens is 401 g/mol. The van der Waals surface area contributed by atoms with Gasteiger partial charge in [-0.05, 0) is 30.2 Å². The smallest absolute Gasteiger partial charge is 0.257 e. The van der Waals surface area contributed by atoms with Crippen LogP contribution in [0, 0.1) is 5.82 Å². The lowest BCUT2D eigenvalue weighted by molar-refractivity contribution is -0.122. The lowest BCUT2D eigenvalue weighted by Gasteiger charge is -2.34. The number of methoxy groups -OCH3 is 1. The molecule has 168 valence electrons. The Bertz CT molecular complexity index is 889. The molecule has 1 aromatic carbocycles. The van der Waals surface area contributed by atoms with Gasteiger partial charge >= 0.3 is 0 Å². The van der Waals surface area contributed by atoms with Crippen LogP contribution in [0.15, 0.2) is 30.5 Å². The van der Waals surface area contributed by atoms with Gasteiger partial charge in [0, 0.05) is 39.8 Å². The summed E-state index contributed by atoms with van der Waals surface area (Å²) in [5, 5.41) is 7.23. The van der Waals surface area contributed by atoms with Gasteiger partial charge in [-0.25, -0.2) is 9.07 Å². The molecule has 1 saturated heterocycles. The Labute approximate surface area is 182 Å². The third kappa shape index (κ3) is 5.68. The standard InChI is InChI=1S/C22H30FN5O3/c1-16(2)21-19(14-25-28(21)18-6-4-17(23)5-7-18)22(30)27-11-9-26(10-12-27)15-20(29)24-8-13-31-3/h4-7,14,16H,8-13,15H2,1-3H3,(H,24,29). The summed E-state index contributed by atoms with van der Waals surface area (Å²) >= 11 is 0. The summed E-state index contributed by atoms with van der Waals surface area (Å²) in [4.78, 5) is 29.0. The number of hydrogen-bond acceptors (Lipinski definition) is 5. The van der Waals surface area contributed by atoms with E-state index in [0.29, 0.717) is 57.1 Å². The third-order valence-corrected chi connectivity index (χ3v) is 5.31. The number of carbonyl (C=O) groups is 2. The van der Waals surface area contributed by atoms with Gasteiger partial charge < -0.3 is 15.0 Å². The van der Waals surface area contributed by atoms with Gasteiger partial charge in [0.15, 0.2) is 0 Å². The maximum Gasteiger partial charge on any atom is 0.257 e. The van der Waals surface area contributed by atoms with Crippen molar-refractivity contribution in [2.24, 2.45) is 0 Å². The highest BCUT2D eigenvalue weighted by Crippen LogP contribution is 2.24. The minimum absolute atomic E-state index is 0.0421. The predicted octanol–water partition coefficient (Wildman–Crippen LogP) is 1.66. The molecule has 1 aliphatic heterocycles. The zero-order valence-corrected chi connectivity index (χ0v) is 18.3. The average molecular weight is 432 g/mol. The fourth-order valence-corrected chi connectivity index (χ4v) is 3.70. The van der Waals surface area contributed by atoms with Crippen LogP contribution in [0.1, 0.15) is 35.8 Å². The van der Waals surface area contributed by atoms with Crippen molar-refractivity contribution in [3.63, 3.8) is 0 Å². The van der Waals surface area contributed by atoms with Crippen LogP contribution >= 0.6 is 0 Å². The van der Waals surface area contributed by atoms with Crippen LogP contribution in [0.2, 0.25) is 0 Å². The molecule has 0 radical (unpaired) electrons. The first kappa shape index (κ1) is 22.9. The van der Waals surface area contributed by atoms with Gasteiger partial charge in [-0.3, -0.25) is 14.5 Å². The van der Waals surface area contributed by atoms with Crippen molar-refractivity contribution >= 4 is 11.8 Å². The summed E-state index contributed by atoms with van der Waals surface area (Å²) in [6, 6.07) is 6.07. The molecule has 1 N–H and O–H groups in total. The zero-order chi connectivity index (χ0) is 22.4. The van der Waals surface area contributed by atoms with Crippen LogP contribution in [0.3, 0.4) is 0 Å². The summed E-state index contributed by atoms with van der Waals surface area (Å²) in [7, 11) is 1.59. The second-order valence-corrected chi connectivity index (χ2v) is 7.90. The van der Waals surface area contributed by atoms with E-state index in [0.717, 1.165) is 5.69 Å². The summed E-state index contributed by atoms with van der Waals surface area (Å²) < 4.78 is 19.9. The van der Waals surface area contributed by atoms with Crippen molar-refractivity contribution in [2.45, 2.75) is 19.8 Å². The van der Waals surface area contributed by atoms with Crippen molar-refractivity contribution in [2.75, 3.05) is 53.0 Å². The molecule has 3 rings (SSSR count). The Balaban J connectivity index is 1.65. The zero-order valence-electron chi connectivity index (χ0n) is 18.3. The number of hydrogen-bond donors (Lipinski definition) is 1. The maximum absolute atomic E-state index is 13.3. The highest BCUT2D eigenvalue weighted by Gasteiger charge is 2.28. The highest BCUT2D eigenvalue weighted by molar-refractivity contribution is 5.95. The van der Waals surface area contributed by atoms with Crippen molar-refractivity contribution in [3.8, 4) is 5.69 Å². The van der Waals surface area contributed by atoms with Crippen LogP contribution < -0.4 is 5.32 Å². The number of amides is 2. The molecule has 1 aromatic heterocycles. The molecule has 1 aliphatic rings. The summed E-state index contributed by atoms with van der Waals surface area (Å²) in [6.07, 6.45) is 1.59. The number of aromatic nitrogens is 2. The molecule has 8 nitrogen and oxygen atoms in total. The number of halogens is 1. The van der Waals surface area contributed by atoms with Gasteiger partial charge in [0.1, 0.15) is 5.82 Å². The molecule has 2 heterocycles. The Morgan fingerprint density at radius 2 is 1.84 bits per heavy atom. The van der Waals surface area contributed by atoms with Gasteiger partial charge in [0.2, 0.25) is 5.91 Å². The van der Waals surface area contributed by atoms with E-state index in [1.54, 1.807) is 35.0 Å². The van der Waals surface area contributed by atoms with Crippen LogP contribution in [0.4, 0.5) is 4.39 Å². The SMILES string of the molecule is COCCNC(=O)CN1CCN(C(=O)c2cnn(-c3ccc(F)cc3)c2C(C)C)CC1. The normalized spacial score (nSPS) is 14.8. The first-order valence-electron chi connectivity index (χ1n) is 10.5. The minimum Gasteiger partial charge on any atom is -0.383 e. The van der Waals surface area contributed by atoms with E-state index < -0.39 is 0 Å². The summed E-state index contributed by atoms with van der Waals surface area (Å²) in [6.45, 7) is 7.65. The number of piperazine rings is 1. The van der Waals surface area contributed by atoms with E-state index in [9.17, 15) is 14.0 Å². The minimum atomic E-state index is -0.316. The highest BCUT2D eigenvalue weighted by atomic mass is 19.1. The number of nitrogens with zero attached hydrogens (tertiary/aromatic N) is 4. The molecule has 0 saturated carbocycles. The summed E-state index contributed by atoms with van der Waals surface area (Å²) in [5.41, 5.74) is 2.08. The van der Waals surface area contributed by atoms with Gasteiger partial charge in [0.25, 0.3) is 5.91 Å². The van der Waals surface area contributed by atoms with E-state index in [-0.39, 0.29) is 23.5 Å². The van der Waals surface area contributed by atoms with Gasteiger partial charge in [0.05, 0.1) is 36.3 Å². The molecule has 1 fully saturated rings. The lowest BCUT2D eigenvalue weighted by Crippen LogP contribution is -2.51. The fraction of sp³-hybridized carbons (Fsp3) is 0.500. The van der Waals surface area contributed by atoms with E-state index in [4.69, 9.17) is 4.74 Å². The number of benzene rings is 1. The molecule has 9 heteroatoms. The Kier molecular flexibility index (Phi) is 7.75. The van der Waals surface area contributed by atoms with Crippen molar-refractivity contribution in [1.82, 2.24) is 24.9 Å². The first-order valence-corrected chi connectivity index (χ1v) is 10.5. The van der Waals surface area contributed by atoms with Crippen molar-refractivity contribution in [1.29, 1.82) is 0 Å². The molecule has 0 aliphatic carbocycles. The quantitative estimate of drug-likeness (QED) is 0.643. The lowest BCUT2D eigenvalue weighted by atomic mass is 10.0. The van der Waals surface area contributed by atoms with E-state index in [2.05, 4.69) is 10.4 Å². The second-order valence-electron chi connectivity index (χ2n) is 7.90. The molecule has 2 aromatic rings. The number of rotatable bonds is 8. The number of carbonyl (C=O) groups excluding carboxylic acids is 2. The van der Waals surface area contributed by atoms with Crippen molar-refractivity contribution in [3.05, 3.63) is 47.5 Å². The number of ether oxygens (including phenoxy) is 1. The maximum atomic E-state index is 13.3. The Morgan fingerprint density at radius 1 is 1.16 bits per heavy atom. The molecule has 0 spiro atoms. The van der Waals surface area contributed by atoms with Crippen LogP contribution in [0.5, 0.6) is 0 Å². The monoisotopic (exact) mass is 431 g/mol.